The summed E-state index contributed by atoms with van der Waals surface area (Å²) in [4.78, 5) is 3.67. The third-order valence-electron chi connectivity index (χ3n) is 3.94. The summed E-state index contributed by atoms with van der Waals surface area (Å²) in [7, 11) is 0. The molecule has 0 N–H and O–H groups in total. The minimum Gasteiger partial charge on any atom is -0.330 e. The van der Waals surface area contributed by atoms with E-state index in [0.29, 0.717) is 0 Å². The van der Waals surface area contributed by atoms with Crippen LogP contribution in [0.4, 0.5) is 5.69 Å². The summed E-state index contributed by atoms with van der Waals surface area (Å²) in [5.41, 5.74) is 3.82. The van der Waals surface area contributed by atoms with Crippen molar-refractivity contribution in [2.45, 2.75) is 5.37 Å². The molecule has 4 rings (SSSR count). The van der Waals surface area contributed by atoms with Gasteiger partial charge in [-0.25, -0.2) is 0 Å². The first-order valence-electron chi connectivity index (χ1n) is 7.74. The number of rotatable bonds is 3. The van der Waals surface area contributed by atoms with Crippen LogP contribution >= 0.6 is 11.8 Å². The molecule has 0 fully saturated rings. The van der Waals surface area contributed by atoms with Gasteiger partial charge in [0, 0.05) is 16.8 Å². The third kappa shape index (κ3) is 2.90. The molecule has 0 bridgehead atoms. The summed E-state index contributed by atoms with van der Waals surface area (Å²) >= 11 is 1.91. The fraction of sp³-hybridized carbons (Fsp3) is 0.0476. The molecule has 1 unspecified atom stereocenters. The number of benzene rings is 3. The fourth-order valence-corrected chi connectivity index (χ4v) is 4.08. The molecule has 0 amide bonds. The second-order valence-electron chi connectivity index (χ2n) is 5.48. The van der Waals surface area contributed by atoms with Gasteiger partial charge in [-0.15, -0.1) is 0 Å². The lowest BCUT2D eigenvalue weighted by Gasteiger charge is -2.25. The van der Waals surface area contributed by atoms with Crippen LogP contribution in [-0.2, 0) is 0 Å². The molecule has 0 radical (unpaired) electrons. The lowest BCUT2D eigenvalue weighted by Crippen LogP contribution is -2.16. The van der Waals surface area contributed by atoms with E-state index in [0.717, 1.165) is 0 Å². The topological polar surface area (TPSA) is 3.24 Å². The highest BCUT2D eigenvalue weighted by Gasteiger charge is 2.28. The van der Waals surface area contributed by atoms with Gasteiger partial charge < -0.3 is 4.90 Å². The molecule has 0 aromatic heterocycles. The normalized spacial score (nSPS) is 17.1. The first-order valence-corrected chi connectivity index (χ1v) is 8.62. The molecule has 3 aromatic rings. The largest absolute Gasteiger partial charge is 0.330 e. The van der Waals surface area contributed by atoms with Gasteiger partial charge in [0.1, 0.15) is 5.37 Å². The molecular weight excluding hydrogens is 298 g/mol. The van der Waals surface area contributed by atoms with Crippen molar-refractivity contribution in [3.63, 3.8) is 0 Å². The first-order chi connectivity index (χ1) is 11.4. The maximum atomic E-state index is 2.36. The van der Waals surface area contributed by atoms with E-state index in [9.17, 15) is 0 Å². The Labute approximate surface area is 141 Å². The van der Waals surface area contributed by atoms with Gasteiger partial charge in [-0.05, 0) is 23.3 Å². The molecule has 0 saturated carbocycles. The smallest absolute Gasteiger partial charge is 0.109 e. The summed E-state index contributed by atoms with van der Waals surface area (Å²) in [5, 5.41) is 0.272. The van der Waals surface area contributed by atoms with Gasteiger partial charge in [-0.2, -0.15) is 0 Å². The number of nitrogens with zero attached hydrogens (tertiary/aromatic N) is 1. The molecule has 0 aliphatic carbocycles. The maximum Gasteiger partial charge on any atom is 0.109 e. The van der Waals surface area contributed by atoms with Gasteiger partial charge in [0.15, 0.2) is 0 Å². The van der Waals surface area contributed by atoms with Crippen LogP contribution < -0.4 is 4.90 Å². The number of anilines is 1. The predicted octanol–water partition coefficient (Wildman–Crippen LogP) is 5.94. The second kappa shape index (κ2) is 6.35. The van der Waals surface area contributed by atoms with Gasteiger partial charge >= 0.3 is 0 Å². The zero-order valence-electron chi connectivity index (χ0n) is 12.7. The molecule has 2 heteroatoms. The fourth-order valence-electron chi connectivity index (χ4n) is 2.80. The predicted molar refractivity (Wildman–Crippen MR) is 100 cm³/mol. The van der Waals surface area contributed by atoms with Crippen LogP contribution in [0.5, 0.6) is 0 Å². The van der Waals surface area contributed by atoms with Crippen molar-refractivity contribution in [1.82, 2.24) is 0 Å². The van der Waals surface area contributed by atoms with Crippen molar-refractivity contribution in [2.75, 3.05) is 4.90 Å². The summed E-state index contributed by atoms with van der Waals surface area (Å²) in [5.74, 6) is 0. The van der Waals surface area contributed by atoms with E-state index in [1.807, 2.05) is 11.8 Å². The first kappa shape index (κ1) is 14.2. The van der Waals surface area contributed by atoms with Crippen LogP contribution in [0.2, 0.25) is 0 Å². The molecule has 0 spiro atoms. The number of thioether (sulfide) groups is 1. The zero-order chi connectivity index (χ0) is 15.5. The van der Waals surface area contributed by atoms with E-state index in [1.165, 1.54) is 21.7 Å². The van der Waals surface area contributed by atoms with E-state index in [1.54, 1.807) is 0 Å². The average Bonchev–Trinajstić information content (AvgIpc) is 3.09. The van der Waals surface area contributed by atoms with E-state index in [2.05, 4.69) is 102 Å². The maximum absolute atomic E-state index is 2.36. The van der Waals surface area contributed by atoms with Crippen molar-refractivity contribution >= 4 is 22.4 Å². The Morgan fingerprint density at radius 2 is 1.22 bits per heavy atom. The van der Waals surface area contributed by atoms with Gasteiger partial charge in [0.05, 0.1) is 0 Å². The van der Waals surface area contributed by atoms with Crippen molar-refractivity contribution in [3.05, 3.63) is 108 Å². The Morgan fingerprint density at radius 3 is 1.87 bits per heavy atom. The number of hydrogen-bond acceptors (Lipinski definition) is 2. The summed E-state index contributed by atoms with van der Waals surface area (Å²) in [6, 6.07) is 31.9. The van der Waals surface area contributed by atoms with Crippen molar-refractivity contribution in [2.24, 2.45) is 0 Å². The average molecular weight is 315 g/mol. The highest BCUT2D eigenvalue weighted by molar-refractivity contribution is 8.08. The Bertz CT molecular complexity index is 797. The van der Waals surface area contributed by atoms with Crippen LogP contribution in [0, 0.1) is 0 Å². The Balaban J connectivity index is 1.75. The Kier molecular flexibility index (Phi) is 3.91. The number of para-hydroxylation sites is 1. The van der Waals surface area contributed by atoms with E-state index in [-0.39, 0.29) is 5.37 Å². The van der Waals surface area contributed by atoms with Crippen LogP contribution in [0.3, 0.4) is 0 Å². The molecule has 1 aliphatic rings. The van der Waals surface area contributed by atoms with Crippen LogP contribution in [0.1, 0.15) is 16.5 Å². The van der Waals surface area contributed by atoms with Crippen molar-refractivity contribution in [3.8, 4) is 0 Å². The molecule has 1 atom stereocenters. The summed E-state index contributed by atoms with van der Waals surface area (Å²) < 4.78 is 0. The standard InChI is InChI=1S/C21H17NS/c1-4-10-17(11-5-1)20-16-22(19-14-8-3-9-15-19)21(23-20)18-12-6-2-7-13-18/h1-16,21H. The van der Waals surface area contributed by atoms with Crippen molar-refractivity contribution in [1.29, 1.82) is 0 Å². The van der Waals surface area contributed by atoms with Gasteiger partial charge in [-0.1, -0.05) is 90.6 Å². The molecule has 23 heavy (non-hydrogen) atoms. The quantitative estimate of drug-likeness (QED) is 0.588. The summed E-state index contributed by atoms with van der Waals surface area (Å²) in [6.45, 7) is 0. The minimum absolute atomic E-state index is 0.272. The number of hydrogen-bond donors (Lipinski definition) is 0. The van der Waals surface area contributed by atoms with Crippen molar-refractivity contribution < 1.29 is 0 Å². The van der Waals surface area contributed by atoms with Crippen LogP contribution in [-0.4, -0.2) is 0 Å². The highest BCUT2D eigenvalue weighted by atomic mass is 32.2. The molecule has 0 saturated heterocycles. The monoisotopic (exact) mass is 315 g/mol. The zero-order valence-corrected chi connectivity index (χ0v) is 13.5. The molecule has 1 nitrogen and oxygen atoms in total. The second-order valence-corrected chi connectivity index (χ2v) is 6.61. The third-order valence-corrected chi connectivity index (χ3v) is 5.26. The SMILES string of the molecule is C1=C(c2ccccc2)SC(c2ccccc2)N1c1ccccc1. The van der Waals surface area contributed by atoms with Gasteiger partial charge in [0.25, 0.3) is 0 Å². The van der Waals surface area contributed by atoms with Gasteiger partial charge in [-0.3, -0.25) is 0 Å². The van der Waals surface area contributed by atoms with Crippen LogP contribution in [0.15, 0.2) is 97.2 Å². The lowest BCUT2D eigenvalue weighted by molar-refractivity contribution is 0.958. The molecular formula is C21H17NS. The molecule has 1 heterocycles. The van der Waals surface area contributed by atoms with E-state index >= 15 is 0 Å². The lowest BCUT2D eigenvalue weighted by atomic mass is 10.2. The highest BCUT2D eigenvalue weighted by Crippen LogP contribution is 2.49. The van der Waals surface area contributed by atoms with E-state index in [4.69, 9.17) is 0 Å². The Morgan fingerprint density at radius 1 is 0.652 bits per heavy atom. The van der Waals surface area contributed by atoms with E-state index < -0.39 is 0 Å². The van der Waals surface area contributed by atoms with Crippen LogP contribution in [0.25, 0.3) is 4.91 Å². The molecule has 112 valence electrons. The Hall–Kier alpha value is -2.45. The van der Waals surface area contributed by atoms with Gasteiger partial charge in [0.2, 0.25) is 0 Å². The molecule has 3 aromatic carbocycles. The minimum atomic E-state index is 0.272. The summed E-state index contributed by atoms with van der Waals surface area (Å²) in [6.07, 6.45) is 2.27. The molecule has 1 aliphatic heterocycles.